The van der Waals surface area contributed by atoms with E-state index in [2.05, 4.69) is 6.08 Å². The molecular formula is C22H33ClO6. The van der Waals surface area contributed by atoms with E-state index in [1.54, 1.807) is 13.2 Å². The van der Waals surface area contributed by atoms with Gasteiger partial charge in [0, 0.05) is 13.2 Å². The van der Waals surface area contributed by atoms with E-state index in [1.165, 1.54) is 11.6 Å². The molecule has 7 heteroatoms. The summed E-state index contributed by atoms with van der Waals surface area (Å²) < 4.78 is 22.8. The second-order valence-electron chi connectivity index (χ2n) is 8.90. The van der Waals surface area contributed by atoms with Crippen molar-refractivity contribution in [3.05, 3.63) is 23.8 Å². The minimum absolute atomic E-state index is 0.0178. The summed E-state index contributed by atoms with van der Waals surface area (Å²) in [5.74, 6) is -0.767. The number of rotatable bonds is 8. The molecule has 0 bridgehead atoms. The van der Waals surface area contributed by atoms with Crippen molar-refractivity contribution < 1.29 is 28.8 Å². The molecule has 2 saturated heterocycles. The summed E-state index contributed by atoms with van der Waals surface area (Å²) in [4.78, 5) is 12.3. The quantitative estimate of drug-likeness (QED) is 0.210. The number of carbonyl (C=O) groups is 1. The second-order valence-corrected chi connectivity index (χ2v) is 9.17. The molecule has 164 valence electrons. The maximum atomic E-state index is 12.3. The number of esters is 1. The van der Waals surface area contributed by atoms with E-state index in [4.69, 9.17) is 30.5 Å². The molecule has 0 aromatic carbocycles. The molecule has 6 nitrogen and oxygen atoms in total. The van der Waals surface area contributed by atoms with E-state index in [-0.39, 0.29) is 24.2 Å². The van der Waals surface area contributed by atoms with Crippen LogP contribution < -0.4 is 0 Å². The van der Waals surface area contributed by atoms with Crippen LogP contribution in [0.1, 0.15) is 47.0 Å². The molecule has 0 aromatic rings. The second kappa shape index (κ2) is 8.67. The maximum Gasteiger partial charge on any atom is 0.330 e. The van der Waals surface area contributed by atoms with Crippen LogP contribution in [0.4, 0.5) is 0 Å². The van der Waals surface area contributed by atoms with Crippen molar-refractivity contribution >= 4 is 17.6 Å². The fraction of sp³-hybridized carbons (Fsp3) is 0.773. The Bertz CT molecular complexity index is 674. The lowest BCUT2D eigenvalue weighted by atomic mass is 9.66. The van der Waals surface area contributed by atoms with Crippen LogP contribution >= 0.6 is 11.6 Å². The van der Waals surface area contributed by atoms with Crippen LogP contribution in [0.3, 0.4) is 0 Å². The van der Waals surface area contributed by atoms with E-state index in [1.807, 2.05) is 27.7 Å². The Hall–Kier alpha value is -0.920. The topological polar surface area (TPSA) is 80.8 Å². The number of methoxy groups -OCH3 is 1. The predicted molar refractivity (Wildman–Crippen MR) is 110 cm³/mol. The Labute approximate surface area is 178 Å². The molecule has 1 N–H and O–H groups in total. The first kappa shape index (κ1) is 22.8. The molecule has 3 rings (SSSR count). The first-order chi connectivity index (χ1) is 13.6. The molecular weight excluding hydrogens is 396 g/mol. The summed E-state index contributed by atoms with van der Waals surface area (Å²) in [7, 11) is 1.57. The molecule has 3 fully saturated rings. The fourth-order valence-electron chi connectivity index (χ4n) is 4.59. The lowest BCUT2D eigenvalue weighted by molar-refractivity contribution is -0.189. The smallest absolute Gasteiger partial charge is 0.330 e. The standard InChI is InChI=1S/C22H33ClO6/c1-13(2)6-8-17-21(4,29-17)20-19(26-5)16(10-11-22(20,25)12-23)28-18(24)9-7-15-14(3)27-15/h6-7,9,14-17,19-20,25H,8,10-12H2,1-5H3/b9-7+/t14-,15+,16-,17-,19-,20-,21+,22+/m0/s1. The number of alkyl halides is 1. The lowest BCUT2D eigenvalue weighted by Crippen LogP contribution is -2.61. The molecule has 0 spiro atoms. The van der Waals surface area contributed by atoms with Crippen LogP contribution in [-0.2, 0) is 23.7 Å². The fourth-order valence-corrected chi connectivity index (χ4v) is 4.89. The summed E-state index contributed by atoms with van der Waals surface area (Å²) in [6, 6.07) is 0. The highest BCUT2D eigenvalue weighted by molar-refractivity contribution is 6.18. The van der Waals surface area contributed by atoms with Gasteiger partial charge in [0.05, 0.1) is 29.6 Å². The van der Waals surface area contributed by atoms with Gasteiger partial charge in [-0.2, -0.15) is 0 Å². The summed E-state index contributed by atoms with van der Waals surface area (Å²) in [6.45, 7) is 8.02. The highest BCUT2D eigenvalue weighted by Crippen LogP contribution is 2.54. The van der Waals surface area contributed by atoms with Crippen molar-refractivity contribution in [2.45, 2.75) is 88.7 Å². The van der Waals surface area contributed by atoms with Crippen molar-refractivity contribution in [3.63, 3.8) is 0 Å². The van der Waals surface area contributed by atoms with Crippen LogP contribution in [0.25, 0.3) is 0 Å². The number of epoxide rings is 2. The number of hydrogen-bond acceptors (Lipinski definition) is 6. The van der Waals surface area contributed by atoms with Gasteiger partial charge >= 0.3 is 5.97 Å². The molecule has 2 aliphatic heterocycles. The van der Waals surface area contributed by atoms with E-state index in [9.17, 15) is 9.90 Å². The Morgan fingerprint density at radius 3 is 2.62 bits per heavy atom. The van der Waals surface area contributed by atoms with Crippen molar-refractivity contribution in [3.8, 4) is 0 Å². The normalized spacial score (nSPS) is 43.8. The average molecular weight is 429 g/mol. The minimum Gasteiger partial charge on any atom is -0.456 e. The van der Waals surface area contributed by atoms with Gasteiger partial charge in [0.15, 0.2) is 0 Å². The van der Waals surface area contributed by atoms with Crippen molar-refractivity contribution in [1.82, 2.24) is 0 Å². The van der Waals surface area contributed by atoms with Gasteiger partial charge in [-0.25, -0.2) is 4.79 Å². The van der Waals surface area contributed by atoms with Gasteiger partial charge in [-0.15, -0.1) is 11.6 Å². The zero-order valence-electron chi connectivity index (χ0n) is 17.9. The SMILES string of the molecule is CO[C@H]1[C@@H](OC(=O)/C=C/[C@H]2O[C@H]2C)CC[C@@](O)(CCl)[C@@H]1[C@]1(C)O[C@H]1CC=C(C)C. The lowest BCUT2D eigenvalue weighted by Gasteiger charge is -2.48. The van der Waals surface area contributed by atoms with Crippen LogP contribution in [0.15, 0.2) is 23.8 Å². The monoisotopic (exact) mass is 428 g/mol. The third-order valence-electron chi connectivity index (χ3n) is 6.42. The zero-order valence-corrected chi connectivity index (χ0v) is 18.6. The summed E-state index contributed by atoms with van der Waals surface area (Å²) >= 11 is 6.20. The molecule has 1 saturated carbocycles. The number of allylic oxidation sites excluding steroid dienone is 1. The Kier molecular flexibility index (Phi) is 6.81. The first-order valence-electron chi connectivity index (χ1n) is 10.3. The average Bonchev–Trinajstić information content (AvgIpc) is 3.56. The van der Waals surface area contributed by atoms with Crippen molar-refractivity contribution in [1.29, 1.82) is 0 Å². The van der Waals surface area contributed by atoms with Gasteiger partial charge in [0.1, 0.15) is 23.9 Å². The van der Waals surface area contributed by atoms with E-state index in [0.717, 1.165) is 6.42 Å². The van der Waals surface area contributed by atoms with Gasteiger partial charge in [-0.05, 0) is 53.0 Å². The van der Waals surface area contributed by atoms with Crippen LogP contribution in [-0.4, -0.2) is 65.8 Å². The predicted octanol–water partition coefficient (Wildman–Crippen LogP) is 3.15. The number of halogens is 1. The molecule has 0 aromatic heterocycles. The van der Waals surface area contributed by atoms with E-state index < -0.39 is 35.3 Å². The Morgan fingerprint density at radius 1 is 1.38 bits per heavy atom. The molecule has 2 heterocycles. The summed E-state index contributed by atoms with van der Waals surface area (Å²) in [6.07, 6.45) is 6.01. The van der Waals surface area contributed by atoms with Crippen molar-refractivity contribution in [2.75, 3.05) is 13.0 Å². The zero-order chi connectivity index (χ0) is 21.4. The summed E-state index contributed by atoms with van der Waals surface area (Å²) in [5.41, 5.74) is -0.517. The Morgan fingerprint density at radius 2 is 2.07 bits per heavy atom. The number of hydrogen-bond donors (Lipinski definition) is 1. The van der Waals surface area contributed by atoms with Gasteiger partial charge in [0.25, 0.3) is 0 Å². The third-order valence-corrected chi connectivity index (χ3v) is 6.89. The Balaban J connectivity index is 1.74. The van der Waals surface area contributed by atoms with Gasteiger partial charge in [-0.3, -0.25) is 0 Å². The van der Waals surface area contributed by atoms with Crippen LogP contribution in [0, 0.1) is 5.92 Å². The molecule has 8 atom stereocenters. The minimum atomic E-state index is -1.15. The highest BCUT2D eigenvalue weighted by atomic mass is 35.5. The summed E-state index contributed by atoms with van der Waals surface area (Å²) in [5, 5.41) is 11.3. The number of aliphatic hydroxyl groups is 1. The maximum absolute atomic E-state index is 12.3. The third kappa shape index (κ3) is 4.88. The number of carbonyl (C=O) groups excluding carboxylic acids is 1. The molecule has 0 radical (unpaired) electrons. The van der Waals surface area contributed by atoms with E-state index in [0.29, 0.717) is 12.8 Å². The molecule has 0 amide bonds. The van der Waals surface area contributed by atoms with Crippen molar-refractivity contribution in [2.24, 2.45) is 5.92 Å². The van der Waals surface area contributed by atoms with E-state index >= 15 is 0 Å². The first-order valence-corrected chi connectivity index (χ1v) is 10.8. The largest absolute Gasteiger partial charge is 0.456 e. The molecule has 1 aliphatic carbocycles. The molecule has 29 heavy (non-hydrogen) atoms. The van der Waals surface area contributed by atoms with Gasteiger partial charge < -0.3 is 24.1 Å². The molecule has 3 aliphatic rings. The highest BCUT2D eigenvalue weighted by Gasteiger charge is 2.67. The van der Waals surface area contributed by atoms with Crippen LogP contribution in [0.2, 0.25) is 0 Å². The number of ether oxygens (including phenoxy) is 4. The van der Waals surface area contributed by atoms with Gasteiger partial charge in [-0.1, -0.05) is 11.6 Å². The van der Waals surface area contributed by atoms with Gasteiger partial charge in [0.2, 0.25) is 0 Å². The van der Waals surface area contributed by atoms with Crippen LogP contribution in [0.5, 0.6) is 0 Å². The molecule has 0 unspecified atom stereocenters.